The molecule has 5 nitrogen and oxygen atoms in total. The summed E-state index contributed by atoms with van der Waals surface area (Å²) in [5.74, 6) is 1.39. The maximum atomic E-state index is 5.42. The summed E-state index contributed by atoms with van der Waals surface area (Å²) in [4.78, 5) is 4.40. The zero-order valence-electron chi connectivity index (χ0n) is 13.1. The lowest BCUT2D eigenvalue weighted by Gasteiger charge is -2.12. The van der Waals surface area contributed by atoms with E-state index in [1.165, 1.54) is 5.56 Å². The zero-order chi connectivity index (χ0) is 15.2. The average molecular weight is 289 g/mol. The second-order valence-corrected chi connectivity index (χ2v) is 4.89. The maximum absolute atomic E-state index is 5.42. The van der Waals surface area contributed by atoms with Gasteiger partial charge in [0.1, 0.15) is 5.69 Å². The smallest absolute Gasteiger partial charge is 0.184 e. The molecule has 0 bridgehead atoms. The summed E-state index contributed by atoms with van der Waals surface area (Å²) in [6.45, 7) is 5.88. The van der Waals surface area contributed by atoms with E-state index in [1.807, 2.05) is 0 Å². The number of pyridine rings is 1. The molecule has 0 saturated heterocycles. The van der Waals surface area contributed by atoms with E-state index in [-0.39, 0.29) is 0 Å². The fourth-order valence-electron chi connectivity index (χ4n) is 2.37. The number of nitrogens with zero attached hydrogens (tertiary/aromatic N) is 2. The highest BCUT2D eigenvalue weighted by atomic mass is 16.5. The van der Waals surface area contributed by atoms with Gasteiger partial charge in [0.25, 0.3) is 0 Å². The van der Waals surface area contributed by atoms with Crippen LogP contribution < -0.4 is 14.8 Å². The normalized spacial score (nSPS) is 12.2. The molecule has 0 radical (unpaired) electrons. The van der Waals surface area contributed by atoms with E-state index >= 15 is 0 Å². The van der Waals surface area contributed by atoms with E-state index in [0.717, 1.165) is 12.2 Å². The van der Waals surface area contributed by atoms with Crippen molar-refractivity contribution in [3.05, 3.63) is 42.0 Å². The van der Waals surface area contributed by atoms with Gasteiger partial charge in [-0.15, -0.1) is 0 Å². The van der Waals surface area contributed by atoms with Crippen molar-refractivity contribution < 1.29 is 9.47 Å². The average Bonchev–Trinajstić information content (AvgIpc) is 2.96. The highest BCUT2D eigenvalue weighted by Crippen LogP contribution is 2.29. The van der Waals surface area contributed by atoms with Crippen LogP contribution in [0.25, 0.3) is 0 Å². The third-order valence-corrected chi connectivity index (χ3v) is 3.48. The highest BCUT2D eigenvalue weighted by molar-refractivity contribution is 5.42. The lowest BCUT2D eigenvalue weighted by Crippen LogP contribution is -2.17. The van der Waals surface area contributed by atoms with E-state index in [9.17, 15) is 0 Å². The van der Waals surface area contributed by atoms with Gasteiger partial charge in [0.2, 0.25) is 0 Å². The number of nitrogens with one attached hydrogen (secondary N) is 1. The van der Waals surface area contributed by atoms with Crippen LogP contribution in [0.3, 0.4) is 0 Å². The Morgan fingerprint density at radius 1 is 1.29 bits per heavy atom. The third kappa shape index (κ3) is 3.55. The summed E-state index contributed by atoms with van der Waals surface area (Å²) in [7, 11) is 3.27. The van der Waals surface area contributed by atoms with Crippen LogP contribution in [0.5, 0.6) is 11.5 Å². The first-order valence-corrected chi connectivity index (χ1v) is 7.14. The van der Waals surface area contributed by atoms with Crippen molar-refractivity contribution in [3.8, 4) is 11.5 Å². The topological polar surface area (TPSA) is 48.3 Å². The predicted octanol–water partition coefficient (Wildman–Crippen LogP) is 2.62. The Morgan fingerprint density at radius 2 is 2.10 bits per heavy atom. The van der Waals surface area contributed by atoms with Gasteiger partial charge in [0.05, 0.1) is 20.8 Å². The van der Waals surface area contributed by atoms with Crippen molar-refractivity contribution in [2.24, 2.45) is 0 Å². The van der Waals surface area contributed by atoms with E-state index in [1.54, 1.807) is 26.5 Å². The summed E-state index contributed by atoms with van der Waals surface area (Å²) < 4.78 is 12.8. The molecule has 0 aliphatic heterocycles. The Bertz CT molecular complexity index is 581. The van der Waals surface area contributed by atoms with Crippen LogP contribution in [0.1, 0.15) is 31.1 Å². The van der Waals surface area contributed by atoms with Gasteiger partial charge in [0.15, 0.2) is 11.5 Å². The first kappa shape index (κ1) is 15.4. The van der Waals surface area contributed by atoms with Gasteiger partial charge in [-0.05, 0) is 25.1 Å². The molecule has 2 aromatic rings. The first-order chi connectivity index (χ1) is 10.2. The molecular formula is C16H23N3O2. The van der Waals surface area contributed by atoms with Gasteiger partial charge in [-0.25, -0.2) is 0 Å². The van der Waals surface area contributed by atoms with Gasteiger partial charge in [-0.3, -0.25) is 4.98 Å². The largest absolute Gasteiger partial charge is 0.493 e. The molecule has 114 valence electrons. The Balaban J connectivity index is 2.19. The predicted molar refractivity (Wildman–Crippen MR) is 83.0 cm³/mol. The van der Waals surface area contributed by atoms with Crippen LogP contribution in [-0.4, -0.2) is 30.3 Å². The number of rotatable bonds is 7. The lowest BCUT2D eigenvalue weighted by atomic mass is 10.2. The number of hydrogen-bond donors (Lipinski definition) is 1. The van der Waals surface area contributed by atoms with Gasteiger partial charge >= 0.3 is 0 Å². The molecule has 21 heavy (non-hydrogen) atoms. The summed E-state index contributed by atoms with van der Waals surface area (Å²) in [6, 6.07) is 4.27. The second kappa shape index (κ2) is 7.13. The molecule has 0 saturated carbocycles. The van der Waals surface area contributed by atoms with Gasteiger partial charge < -0.3 is 19.4 Å². The minimum atomic E-state index is 0.344. The van der Waals surface area contributed by atoms with Gasteiger partial charge in [-0.2, -0.15) is 0 Å². The third-order valence-electron chi connectivity index (χ3n) is 3.48. The van der Waals surface area contributed by atoms with Crippen molar-refractivity contribution in [1.82, 2.24) is 14.9 Å². The van der Waals surface area contributed by atoms with Crippen LogP contribution >= 0.6 is 0 Å². The quantitative estimate of drug-likeness (QED) is 0.851. The fraction of sp³-hybridized carbons (Fsp3) is 0.438. The van der Waals surface area contributed by atoms with Crippen molar-refractivity contribution in [3.63, 3.8) is 0 Å². The molecule has 0 fully saturated rings. The molecule has 2 aromatic heterocycles. The minimum Gasteiger partial charge on any atom is -0.493 e. The number of aromatic nitrogens is 2. The van der Waals surface area contributed by atoms with Crippen LogP contribution in [0.2, 0.25) is 0 Å². The van der Waals surface area contributed by atoms with Crippen molar-refractivity contribution in [2.75, 3.05) is 20.8 Å². The molecule has 1 atom stereocenters. The Labute approximate surface area is 125 Å². The van der Waals surface area contributed by atoms with E-state index in [2.05, 4.69) is 47.2 Å². The van der Waals surface area contributed by atoms with Crippen LogP contribution in [0.4, 0.5) is 0 Å². The van der Waals surface area contributed by atoms with E-state index in [4.69, 9.17) is 9.47 Å². The van der Waals surface area contributed by atoms with Crippen LogP contribution in [0, 0.1) is 0 Å². The highest BCUT2D eigenvalue weighted by Gasteiger charge is 2.12. The lowest BCUT2D eigenvalue weighted by molar-refractivity contribution is 0.348. The van der Waals surface area contributed by atoms with E-state index < -0.39 is 0 Å². The molecule has 0 aromatic carbocycles. The Hall–Kier alpha value is -2.01. The molecule has 1 N–H and O–H groups in total. The van der Waals surface area contributed by atoms with Crippen molar-refractivity contribution in [2.45, 2.75) is 26.4 Å². The summed E-state index contributed by atoms with van der Waals surface area (Å²) in [6.07, 6.45) is 5.93. The van der Waals surface area contributed by atoms with Crippen molar-refractivity contribution >= 4 is 0 Å². The number of hydrogen-bond acceptors (Lipinski definition) is 4. The number of ether oxygens (including phenoxy) is 2. The molecule has 2 heterocycles. The molecular weight excluding hydrogens is 266 g/mol. The van der Waals surface area contributed by atoms with E-state index in [0.29, 0.717) is 24.1 Å². The Kier molecular flexibility index (Phi) is 5.22. The number of methoxy groups -OCH3 is 2. The Morgan fingerprint density at radius 3 is 2.76 bits per heavy atom. The molecule has 5 heteroatoms. The molecule has 0 aliphatic carbocycles. The monoisotopic (exact) mass is 289 g/mol. The second-order valence-electron chi connectivity index (χ2n) is 4.89. The summed E-state index contributed by atoms with van der Waals surface area (Å²) in [5, 5.41) is 3.41. The minimum absolute atomic E-state index is 0.344. The molecule has 0 amide bonds. The molecule has 0 aliphatic rings. The standard InChI is InChI=1S/C16H23N3O2/c1-5-17-12(2)13-7-9-19(10-13)11-14-16(21-4)15(20-3)6-8-18-14/h6-10,12,17H,5,11H2,1-4H3. The van der Waals surface area contributed by atoms with Crippen LogP contribution in [0.15, 0.2) is 30.7 Å². The first-order valence-electron chi connectivity index (χ1n) is 7.14. The zero-order valence-corrected chi connectivity index (χ0v) is 13.1. The maximum Gasteiger partial charge on any atom is 0.184 e. The molecule has 2 rings (SSSR count). The summed E-state index contributed by atoms with van der Waals surface area (Å²) >= 11 is 0. The van der Waals surface area contributed by atoms with Crippen LogP contribution in [-0.2, 0) is 6.54 Å². The summed E-state index contributed by atoms with van der Waals surface area (Å²) in [5.41, 5.74) is 2.12. The van der Waals surface area contributed by atoms with Gasteiger partial charge in [0, 0.05) is 30.7 Å². The molecule has 0 spiro atoms. The fourth-order valence-corrected chi connectivity index (χ4v) is 2.37. The van der Waals surface area contributed by atoms with Crippen molar-refractivity contribution in [1.29, 1.82) is 0 Å². The SMILES string of the molecule is CCNC(C)c1ccn(Cc2nccc(OC)c2OC)c1. The van der Waals surface area contributed by atoms with Gasteiger partial charge in [-0.1, -0.05) is 6.92 Å². The molecule has 1 unspecified atom stereocenters.